The molecule has 4 heteroatoms. The van der Waals surface area contributed by atoms with Crippen molar-refractivity contribution >= 4 is 17.2 Å². The molecular formula is C16H19N3O. The van der Waals surface area contributed by atoms with Gasteiger partial charge in [-0.3, -0.25) is 9.78 Å². The van der Waals surface area contributed by atoms with Gasteiger partial charge in [0.2, 0.25) is 0 Å². The van der Waals surface area contributed by atoms with Gasteiger partial charge in [-0.25, -0.2) is 0 Å². The summed E-state index contributed by atoms with van der Waals surface area (Å²) in [5, 5.41) is 0. The van der Waals surface area contributed by atoms with Gasteiger partial charge in [-0.1, -0.05) is 0 Å². The predicted molar refractivity (Wildman–Crippen MR) is 81.8 cm³/mol. The zero-order valence-corrected chi connectivity index (χ0v) is 11.8. The highest BCUT2D eigenvalue weighted by Crippen LogP contribution is 2.23. The standard InChI is InChI=1S/C16H19N3O/c1-3-19(11-13-6-8-18-9-7-13)14-4-5-15(12(2)20)16(17)10-14/h4-10H,3,11,17H2,1-2H3. The van der Waals surface area contributed by atoms with Crippen LogP contribution in [0, 0.1) is 0 Å². The number of anilines is 2. The Kier molecular flexibility index (Phi) is 4.35. The van der Waals surface area contributed by atoms with Crippen LogP contribution in [-0.4, -0.2) is 17.3 Å². The van der Waals surface area contributed by atoms with E-state index in [0.717, 1.165) is 18.8 Å². The molecule has 0 spiro atoms. The summed E-state index contributed by atoms with van der Waals surface area (Å²) < 4.78 is 0. The maximum Gasteiger partial charge on any atom is 0.161 e. The maximum atomic E-state index is 11.4. The number of pyridine rings is 1. The van der Waals surface area contributed by atoms with E-state index < -0.39 is 0 Å². The lowest BCUT2D eigenvalue weighted by molar-refractivity contribution is 0.101. The van der Waals surface area contributed by atoms with Gasteiger partial charge in [-0.2, -0.15) is 0 Å². The molecule has 0 fully saturated rings. The predicted octanol–water partition coefficient (Wildman–Crippen LogP) is 2.89. The van der Waals surface area contributed by atoms with Gasteiger partial charge in [-0.05, 0) is 49.7 Å². The summed E-state index contributed by atoms with van der Waals surface area (Å²) in [6, 6.07) is 9.59. The van der Waals surface area contributed by atoms with Crippen LogP contribution < -0.4 is 10.6 Å². The van der Waals surface area contributed by atoms with Crippen molar-refractivity contribution in [2.24, 2.45) is 0 Å². The van der Waals surface area contributed by atoms with Crippen LogP contribution in [-0.2, 0) is 6.54 Å². The summed E-state index contributed by atoms with van der Waals surface area (Å²) in [4.78, 5) is 17.6. The van der Waals surface area contributed by atoms with Crippen molar-refractivity contribution in [2.45, 2.75) is 20.4 Å². The number of hydrogen-bond acceptors (Lipinski definition) is 4. The first kappa shape index (κ1) is 14.1. The van der Waals surface area contributed by atoms with E-state index in [-0.39, 0.29) is 5.78 Å². The number of rotatable bonds is 5. The molecule has 2 rings (SSSR count). The number of hydrogen-bond donors (Lipinski definition) is 1. The van der Waals surface area contributed by atoms with E-state index in [0.29, 0.717) is 11.3 Å². The van der Waals surface area contributed by atoms with E-state index in [2.05, 4.69) is 16.8 Å². The second-order valence-electron chi connectivity index (χ2n) is 4.70. The number of nitrogen functional groups attached to an aromatic ring is 1. The molecule has 0 radical (unpaired) electrons. The summed E-state index contributed by atoms with van der Waals surface area (Å²) in [6.45, 7) is 5.27. The molecule has 0 amide bonds. The Balaban J connectivity index is 2.24. The van der Waals surface area contributed by atoms with Gasteiger partial charge in [-0.15, -0.1) is 0 Å². The quantitative estimate of drug-likeness (QED) is 0.669. The number of carbonyl (C=O) groups excluding carboxylic acids is 1. The summed E-state index contributed by atoms with van der Waals surface area (Å²) in [5.41, 5.74) is 9.27. The summed E-state index contributed by atoms with van der Waals surface area (Å²) in [7, 11) is 0. The van der Waals surface area contributed by atoms with Gasteiger partial charge in [0.25, 0.3) is 0 Å². The summed E-state index contributed by atoms with van der Waals surface area (Å²) in [6.07, 6.45) is 3.58. The molecule has 2 aromatic rings. The van der Waals surface area contributed by atoms with Crippen LogP contribution in [0.3, 0.4) is 0 Å². The van der Waals surface area contributed by atoms with Crippen molar-refractivity contribution in [3.63, 3.8) is 0 Å². The molecule has 2 N–H and O–H groups in total. The van der Waals surface area contributed by atoms with Crippen LogP contribution in [0.2, 0.25) is 0 Å². The fraction of sp³-hybridized carbons (Fsp3) is 0.250. The molecule has 0 aliphatic heterocycles. The molecule has 4 nitrogen and oxygen atoms in total. The van der Waals surface area contributed by atoms with Crippen molar-refractivity contribution < 1.29 is 4.79 Å². The molecule has 0 bridgehead atoms. The van der Waals surface area contributed by atoms with E-state index in [1.165, 1.54) is 12.5 Å². The molecule has 1 heterocycles. The first-order chi connectivity index (χ1) is 9.61. The molecule has 0 saturated carbocycles. The number of benzene rings is 1. The van der Waals surface area contributed by atoms with E-state index in [1.54, 1.807) is 18.5 Å². The highest BCUT2D eigenvalue weighted by atomic mass is 16.1. The SMILES string of the molecule is CCN(Cc1ccncc1)c1ccc(C(C)=O)c(N)c1. The Morgan fingerprint density at radius 2 is 1.95 bits per heavy atom. The van der Waals surface area contributed by atoms with Gasteiger partial charge < -0.3 is 10.6 Å². The third kappa shape index (κ3) is 3.15. The number of ketones is 1. The smallest absolute Gasteiger partial charge is 0.161 e. The van der Waals surface area contributed by atoms with Gasteiger partial charge >= 0.3 is 0 Å². The molecule has 20 heavy (non-hydrogen) atoms. The first-order valence-corrected chi connectivity index (χ1v) is 6.66. The highest BCUT2D eigenvalue weighted by molar-refractivity contribution is 5.99. The lowest BCUT2D eigenvalue weighted by atomic mass is 10.1. The highest BCUT2D eigenvalue weighted by Gasteiger charge is 2.10. The number of aromatic nitrogens is 1. The van der Waals surface area contributed by atoms with Gasteiger partial charge in [0.05, 0.1) is 0 Å². The fourth-order valence-corrected chi connectivity index (χ4v) is 2.16. The zero-order chi connectivity index (χ0) is 14.5. The number of nitrogens with zero attached hydrogens (tertiary/aromatic N) is 2. The molecule has 1 aromatic carbocycles. The Labute approximate surface area is 119 Å². The van der Waals surface area contributed by atoms with E-state index in [4.69, 9.17) is 5.73 Å². The Bertz CT molecular complexity index is 596. The maximum absolute atomic E-state index is 11.4. The number of carbonyl (C=O) groups is 1. The van der Waals surface area contributed by atoms with Crippen molar-refractivity contribution in [1.29, 1.82) is 0 Å². The molecule has 0 aliphatic carbocycles. The van der Waals surface area contributed by atoms with Gasteiger partial charge in [0, 0.05) is 42.4 Å². The first-order valence-electron chi connectivity index (χ1n) is 6.66. The Morgan fingerprint density at radius 1 is 1.25 bits per heavy atom. The van der Waals surface area contributed by atoms with Crippen molar-refractivity contribution in [2.75, 3.05) is 17.2 Å². The van der Waals surface area contributed by atoms with Crippen LogP contribution in [0.15, 0.2) is 42.7 Å². The van der Waals surface area contributed by atoms with Gasteiger partial charge in [0.15, 0.2) is 5.78 Å². The number of Topliss-reactive ketones (excluding diaryl/α,β-unsaturated/α-hetero) is 1. The zero-order valence-electron chi connectivity index (χ0n) is 11.8. The lowest BCUT2D eigenvalue weighted by Gasteiger charge is -2.24. The van der Waals surface area contributed by atoms with Crippen LogP contribution >= 0.6 is 0 Å². The van der Waals surface area contributed by atoms with Crippen LogP contribution in [0.25, 0.3) is 0 Å². The third-order valence-electron chi connectivity index (χ3n) is 3.28. The van der Waals surface area contributed by atoms with E-state index in [9.17, 15) is 4.79 Å². The Morgan fingerprint density at radius 3 is 2.50 bits per heavy atom. The molecule has 0 aliphatic rings. The van der Waals surface area contributed by atoms with Crippen molar-refractivity contribution in [3.8, 4) is 0 Å². The molecule has 0 saturated heterocycles. The molecule has 104 valence electrons. The van der Waals surface area contributed by atoms with Crippen LogP contribution in [0.4, 0.5) is 11.4 Å². The minimum Gasteiger partial charge on any atom is -0.398 e. The average molecular weight is 269 g/mol. The number of nitrogens with two attached hydrogens (primary N) is 1. The molecule has 1 aromatic heterocycles. The van der Waals surface area contributed by atoms with Crippen LogP contribution in [0.1, 0.15) is 29.8 Å². The van der Waals surface area contributed by atoms with E-state index in [1.807, 2.05) is 24.3 Å². The van der Waals surface area contributed by atoms with Gasteiger partial charge in [0.1, 0.15) is 0 Å². The van der Waals surface area contributed by atoms with Crippen molar-refractivity contribution in [3.05, 3.63) is 53.9 Å². The Hall–Kier alpha value is -2.36. The van der Waals surface area contributed by atoms with Crippen molar-refractivity contribution in [1.82, 2.24) is 4.98 Å². The lowest BCUT2D eigenvalue weighted by Crippen LogP contribution is -2.22. The monoisotopic (exact) mass is 269 g/mol. The second-order valence-corrected chi connectivity index (χ2v) is 4.70. The average Bonchev–Trinajstić information content (AvgIpc) is 2.45. The summed E-state index contributed by atoms with van der Waals surface area (Å²) >= 11 is 0. The largest absolute Gasteiger partial charge is 0.398 e. The minimum atomic E-state index is -0.00812. The summed E-state index contributed by atoms with van der Waals surface area (Å²) in [5.74, 6) is -0.00812. The second kappa shape index (κ2) is 6.19. The fourth-order valence-electron chi connectivity index (χ4n) is 2.16. The molecule has 0 atom stereocenters. The molecular weight excluding hydrogens is 250 g/mol. The third-order valence-corrected chi connectivity index (χ3v) is 3.28. The normalized spacial score (nSPS) is 10.3. The topological polar surface area (TPSA) is 59.2 Å². The molecule has 0 unspecified atom stereocenters. The minimum absolute atomic E-state index is 0.00812. The van der Waals surface area contributed by atoms with E-state index >= 15 is 0 Å². The van der Waals surface area contributed by atoms with Crippen LogP contribution in [0.5, 0.6) is 0 Å².